The van der Waals surface area contributed by atoms with Crippen molar-refractivity contribution in [2.45, 2.75) is 26.4 Å². The van der Waals surface area contributed by atoms with Crippen LogP contribution in [0, 0.1) is 13.8 Å². The molecule has 2 N–H and O–H groups in total. The van der Waals surface area contributed by atoms with Crippen LogP contribution in [0.15, 0.2) is 33.4 Å². The highest BCUT2D eigenvalue weighted by molar-refractivity contribution is 7.08. The van der Waals surface area contributed by atoms with Crippen LogP contribution in [0.1, 0.15) is 35.2 Å². The summed E-state index contributed by atoms with van der Waals surface area (Å²) in [5.41, 5.74) is 1.80. The molecule has 0 unspecified atom stereocenters. The first kappa shape index (κ1) is 15.5. The summed E-state index contributed by atoms with van der Waals surface area (Å²) >= 11 is 1.59. The van der Waals surface area contributed by atoms with Crippen LogP contribution in [-0.2, 0) is 4.79 Å². The molecule has 0 bridgehead atoms. The lowest BCUT2D eigenvalue weighted by Crippen LogP contribution is -2.23. The molecule has 21 heavy (non-hydrogen) atoms. The molecule has 112 valence electrons. The molecule has 1 atom stereocenters. The Morgan fingerprint density at radius 2 is 2.33 bits per heavy atom. The van der Waals surface area contributed by atoms with Crippen molar-refractivity contribution >= 4 is 23.3 Å². The van der Waals surface area contributed by atoms with Crippen LogP contribution in [0.4, 0.5) is 0 Å². The summed E-state index contributed by atoms with van der Waals surface area (Å²) in [6, 6.07) is 3.78. The number of nitrogens with one attached hydrogen (secondary N) is 1. The van der Waals surface area contributed by atoms with E-state index in [4.69, 9.17) is 4.42 Å². The number of carbonyl (C=O) groups excluding carboxylic acids is 1. The Balaban J connectivity index is 1.76. The molecule has 5 heteroatoms. The van der Waals surface area contributed by atoms with Gasteiger partial charge in [0.2, 0.25) is 5.91 Å². The highest BCUT2D eigenvalue weighted by Gasteiger charge is 2.14. The molecule has 0 aliphatic rings. The van der Waals surface area contributed by atoms with Crippen LogP contribution in [0.2, 0.25) is 0 Å². The first-order valence-electron chi connectivity index (χ1n) is 6.79. The number of carbonyl (C=O) groups is 1. The van der Waals surface area contributed by atoms with Crippen molar-refractivity contribution in [2.24, 2.45) is 0 Å². The van der Waals surface area contributed by atoms with Gasteiger partial charge in [0.1, 0.15) is 11.5 Å². The number of hydrogen-bond donors (Lipinski definition) is 2. The van der Waals surface area contributed by atoms with E-state index in [1.165, 1.54) is 6.08 Å². The van der Waals surface area contributed by atoms with Gasteiger partial charge in [0, 0.05) is 18.2 Å². The second-order valence-electron chi connectivity index (χ2n) is 4.85. The fraction of sp³-hybridized carbons (Fsp3) is 0.312. The van der Waals surface area contributed by atoms with Gasteiger partial charge in [-0.05, 0) is 54.8 Å². The van der Waals surface area contributed by atoms with Crippen LogP contribution in [-0.4, -0.2) is 17.6 Å². The maximum Gasteiger partial charge on any atom is 0.244 e. The summed E-state index contributed by atoms with van der Waals surface area (Å²) in [5, 5.41) is 16.8. The number of furan rings is 1. The first-order valence-corrected chi connectivity index (χ1v) is 7.73. The van der Waals surface area contributed by atoms with Gasteiger partial charge in [-0.2, -0.15) is 11.3 Å². The molecular formula is C16H19NO3S. The van der Waals surface area contributed by atoms with Gasteiger partial charge in [0.25, 0.3) is 0 Å². The topological polar surface area (TPSA) is 62.5 Å². The molecule has 2 aromatic heterocycles. The maximum atomic E-state index is 11.6. The minimum absolute atomic E-state index is 0.159. The summed E-state index contributed by atoms with van der Waals surface area (Å²) in [5.74, 6) is 1.35. The number of thiophene rings is 1. The Bertz CT molecular complexity index is 614. The van der Waals surface area contributed by atoms with Crippen molar-refractivity contribution < 1.29 is 14.3 Å². The molecule has 1 amide bonds. The van der Waals surface area contributed by atoms with Gasteiger partial charge in [-0.25, -0.2) is 0 Å². The van der Waals surface area contributed by atoms with E-state index in [1.807, 2.05) is 36.7 Å². The minimum atomic E-state index is -0.622. The van der Waals surface area contributed by atoms with Crippen molar-refractivity contribution in [1.82, 2.24) is 5.32 Å². The molecule has 0 saturated carbocycles. The van der Waals surface area contributed by atoms with Gasteiger partial charge in [-0.1, -0.05) is 0 Å². The van der Waals surface area contributed by atoms with Crippen molar-refractivity contribution in [3.8, 4) is 0 Å². The Hall–Kier alpha value is -1.85. The van der Waals surface area contributed by atoms with E-state index in [0.717, 1.165) is 22.6 Å². The Morgan fingerprint density at radius 3 is 2.95 bits per heavy atom. The van der Waals surface area contributed by atoms with Crippen molar-refractivity contribution in [2.75, 3.05) is 6.54 Å². The number of aliphatic hydroxyl groups excluding tert-OH is 1. The van der Waals surface area contributed by atoms with Crippen LogP contribution in [0.25, 0.3) is 6.08 Å². The van der Waals surface area contributed by atoms with E-state index < -0.39 is 6.10 Å². The second kappa shape index (κ2) is 7.24. The van der Waals surface area contributed by atoms with Crippen LogP contribution in [0.3, 0.4) is 0 Å². The third-order valence-electron chi connectivity index (χ3n) is 3.13. The van der Waals surface area contributed by atoms with Gasteiger partial charge < -0.3 is 14.8 Å². The Morgan fingerprint density at radius 1 is 1.52 bits per heavy atom. The smallest absolute Gasteiger partial charge is 0.244 e. The van der Waals surface area contributed by atoms with E-state index in [0.29, 0.717) is 13.0 Å². The number of aryl methyl sites for hydroxylation is 2. The standard InChI is InChI=1S/C16H19NO3S/c1-11-9-14(12(2)20-11)15(18)5-7-17-16(19)4-3-13-6-8-21-10-13/h3-4,6,8-10,15,18H,5,7H2,1-2H3,(H,17,19)/b4-3+/t15-/m1/s1. The van der Waals surface area contributed by atoms with E-state index in [-0.39, 0.29) is 5.91 Å². The lowest BCUT2D eigenvalue weighted by atomic mass is 10.1. The summed E-state index contributed by atoms with van der Waals surface area (Å²) in [7, 11) is 0. The summed E-state index contributed by atoms with van der Waals surface area (Å²) in [4.78, 5) is 11.6. The van der Waals surface area contributed by atoms with Crippen LogP contribution < -0.4 is 5.32 Å². The molecular weight excluding hydrogens is 286 g/mol. The zero-order chi connectivity index (χ0) is 15.2. The molecule has 0 aromatic carbocycles. The lowest BCUT2D eigenvalue weighted by Gasteiger charge is -2.09. The van der Waals surface area contributed by atoms with E-state index in [9.17, 15) is 9.90 Å². The van der Waals surface area contributed by atoms with Gasteiger partial charge in [-0.15, -0.1) is 0 Å². The van der Waals surface area contributed by atoms with E-state index in [2.05, 4.69) is 5.32 Å². The van der Waals surface area contributed by atoms with Crippen molar-refractivity contribution in [3.05, 3.63) is 51.6 Å². The van der Waals surface area contributed by atoms with Gasteiger partial charge >= 0.3 is 0 Å². The second-order valence-corrected chi connectivity index (χ2v) is 5.63. The minimum Gasteiger partial charge on any atom is -0.466 e. The number of hydrogen-bond acceptors (Lipinski definition) is 4. The molecule has 0 aliphatic heterocycles. The van der Waals surface area contributed by atoms with Gasteiger partial charge in [0.05, 0.1) is 6.10 Å². The fourth-order valence-electron chi connectivity index (χ4n) is 2.07. The number of rotatable bonds is 6. The van der Waals surface area contributed by atoms with Crippen molar-refractivity contribution in [1.29, 1.82) is 0 Å². The quantitative estimate of drug-likeness (QED) is 0.806. The molecule has 0 saturated heterocycles. The SMILES string of the molecule is Cc1cc([C@H](O)CCNC(=O)/C=C/c2ccsc2)c(C)o1. The molecule has 4 nitrogen and oxygen atoms in total. The fourth-order valence-corrected chi connectivity index (χ4v) is 2.70. The molecule has 0 fully saturated rings. The summed E-state index contributed by atoms with van der Waals surface area (Å²) in [6.07, 6.45) is 3.11. The van der Waals surface area contributed by atoms with Gasteiger partial charge in [-0.3, -0.25) is 4.79 Å². The third kappa shape index (κ3) is 4.58. The molecule has 2 heterocycles. The molecule has 0 radical (unpaired) electrons. The lowest BCUT2D eigenvalue weighted by molar-refractivity contribution is -0.116. The highest BCUT2D eigenvalue weighted by atomic mass is 32.1. The average molecular weight is 305 g/mol. The van der Waals surface area contributed by atoms with E-state index in [1.54, 1.807) is 17.4 Å². The predicted molar refractivity (Wildman–Crippen MR) is 84.1 cm³/mol. The van der Waals surface area contributed by atoms with Crippen molar-refractivity contribution in [3.63, 3.8) is 0 Å². The zero-order valence-electron chi connectivity index (χ0n) is 12.1. The molecule has 2 rings (SSSR count). The van der Waals surface area contributed by atoms with Gasteiger partial charge in [0.15, 0.2) is 0 Å². The Kier molecular flexibility index (Phi) is 5.36. The number of aliphatic hydroxyl groups is 1. The van der Waals surface area contributed by atoms with E-state index >= 15 is 0 Å². The zero-order valence-corrected chi connectivity index (χ0v) is 12.9. The maximum absolute atomic E-state index is 11.6. The number of amides is 1. The highest BCUT2D eigenvalue weighted by Crippen LogP contribution is 2.23. The summed E-state index contributed by atoms with van der Waals surface area (Å²) < 4.78 is 5.39. The summed E-state index contributed by atoms with van der Waals surface area (Å²) in [6.45, 7) is 4.09. The predicted octanol–water partition coefficient (Wildman–Crippen LogP) is 3.21. The first-order chi connectivity index (χ1) is 10.1. The monoisotopic (exact) mass is 305 g/mol. The molecule has 0 spiro atoms. The third-order valence-corrected chi connectivity index (χ3v) is 3.83. The molecule has 2 aromatic rings. The molecule has 0 aliphatic carbocycles. The normalized spacial score (nSPS) is 12.7. The van der Waals surface area contributed by atoms with Crippen LogP contribution in [0.5, 0.6) is 0 Å². The largest absolute Gasteiger partial charge is 0.466 e. The Labute approximate surface area is 128 Å². The average Bonchev–Trinajstić information content (AvgIpc) is 3.05. The van der Waals surface area contributed by atoms with Crippen LogP contribution >= 0.6 is 11.3 Å².